The molecule has 0 spiro atoms. The first-order chi connectivity index (χ1) is 24.4. The number of carboxylic acids is 1. The van der Waals surface area contributed by atoms with Crippen LogP contribution in [0.25, 0.3) is 0 Å². The highest BCUT2D eigenvalue weighted by molar-refractivity contribution is 9.09. The van der Waals surface area contributed by atoms with Crippen LogP contribution in [0.2, 0.25) is 5.02 Å². The van der Waals surface area contributed by atoms with Crippen molar-refractivity contribution < 1.29 is 43.4 Å². The number of aliphatic carboxylic acids is 1. The van der Waals surface area contributed by atoms with Crippen molar-refractivity contribution >= 4 is 86.3 Å². The highest BCUT2D eigenvalue weighted by Crippen LogP contribution is 2.40. The summed E-state index contributed by atoms with van der Waals surface area (Å²) in [6, 6.07) is 16.8. The van der Waals surface area contributed by atoms with Gasteiger partial charge in [0.2, 0.25) is 17.7 Å². The lowest BCUT2D eigenvalue weighted by Crippen LogP contribution is -2.71. The van der Waals surface area contributed by atoms with Gasteiger partial charge in [0.15, 0.2) is 5.78 Å². The van der Waals surface area contributed by atoms with Crippen LogP contribution in [-0.4, -0.2) is 80.5 Å². The number of hydrogen-bond acceptors (Lipinski definition) is 9. The van der Waals surface area contributed by atoms with Gasteiger partial charge in [-0.25, -0.2) is 4.79 Å². The van der Waals surface area contributed by atoms with E-state index in [9.17, 15) is 38.7 Å². The van der Waals surface area contributed by atoms with E-state index in [2.05, 4.69) is 31.9 Å². The Kier molecular flexibility index (Phi) is 12.0. The molecule has 5 rings (SSSR count). The molecular weight excluding hydrogens is 768 g/mol. The number of ketones is 1. The van der Waals surface area contributed by atoms with E-state index >= 15 is 0 Å². The Morgan fingerprint density at radius 1 is 1.02 bits per heavy atom. The van der Waals surface area contributed by atoms with Crippen LogP contribution in [0.3, 0.4) is 0 Å². The molecule has 0 aromatic heterocycles. The molecule has 4 N–H and O–H groups in total. The van der Waals surface area contributed by atoms with Gasteiger partial charge in [0.1, 0.15) is 29.8 Å². The molecule has 3 atom stereocenters. The minimum atomic E-state index is -1.37. The lowest BCUT2D eigenvalue weighted by Gasteiger charge is -2.49. The number of carboxylic acid groups (broad SMARTS) is 1. The normalized spacial score (nSPS) is 17.0. The summed E-state index contributed by atoms with van der Waals surface area (Å²) in [4.78, 5) is 90.2. The summed E-state index contributed by atoms with van der Waals surface area (Å²) in [7, 11) is 0. The number of benzene rings is 3. The zero-order chi connectivity index (χ0) is 36.8. The van der Waals surface area contributed by atoms with Crippen molar-refractivity contribution in [2.75, 3.05) is 23.0 Å². The second-order valence-corrected chi connectivity index (χ2v) is 13.5. The number of esters is 1. The summed E-state index contributed by atoms with van der Waals surface area (Å²) < 4.78 is 4.96. The Hall–Kier alpha value is -4.99. The molecule has 0 radical (unpaired) electrons. The lowest BCUT2D eigenvalue weighted by molar-refractivity contribution is -0.151. The predicted octanol–water partition coefficient (Wildman–Crippen LogP) is 3.61. The van der Waals surface area contributed by atoms with Gasteiger partial charge in [-0.2, -0.15) is 0 Å². The number of nitrogens with one attached hydrogen (secondary N) is 3. The van der Waals surface area contributed by atoms with Crippen LogP contribution in [0.5, 0.6) is 0 Å². The number of hydrogen-bond donors (Lipinski definition) is 4. The van der Waals surface area contributed by atoms with Crippen molar-refractivity contribution in [3.63, 3.8) is 0 Å². The first-order valence-electron chi connectivity index (χ1n) is 15.3. The number of carbonyl (C=O) groups excluding carboxylic acids is 6. The molecule has 2 aliphatic rings. The van der Waals surface area contributed by atoms with E-state index in [0.717, 1.165) is 4.90 Å². The van der Waals surface area contributed by atoms with Gasteiger partial charge in [0, 0.05) is 40.1 Å². The van der Waals surface area contributed by atoms with Gasteiger partial charge in [-0.05, 0) is 47.5 Å². The molecule has 0 unspecified atom stereocenters. The molecule has 4 amide bonds. The van der Waals surface area contributed by atoms with Crippen LogP contribution in [0.4, 0.5) is 5.69 Å². The first kappa shape index (κ1) is 37.3. The van der Waals surface area contributed by atoms with Crippen LogP contribution in [0, 0.1) is 0 Å². The standard InChI is InChI=1S/C35H30BrClN4O9S/c1-18(42)50-16-22-17-51-34-29(33(47)41(34)30(22)35(48)49)40-32(46)28(19-5-3-2-4-6-19)39-26(43)13-21-7-10-23(37)14-25(21)31(45)20-8-11-24(12-9-20)38-27(44)15-36/h2-12,14,28-29,34H,13,15-17H2,1H3,(H,38,44)(H,39,43)(H,40,46)(H,48,49)/t28-,29+,34+/m0/s1. The predicted molar refractivity (Wildman–Crippen MR) is 191 cm³/mol. The maximum absolute atomic E-state index is 13.7. The van der Waals surface area contributed by atoms with Crippen molar-refractivity contribution in [2.24, 2.45) is 0 Å². The van der Waals surface area contributed by atoms with Gasteiger partial charge in [0.05, 0.1) is 11.8 Å². The number of ether oxygens (including phenoxy) is 1. The fraction of sp³-hybridized carbons (Fsp3) is 0.229. The molecule has 1 fully saturated rings. The Balaban J connectivity index is 1.32. The van der Waals surface area contributed by atoms with Crippen LogP contribution >= 0.6 is 39.3 Å². The summed E-state index contributed by atoms with van der Waals surface area (Å²) in [6.07, 6.45) is -0.305. The second-order valence-electron chi connectivity index (χ2n) is 11.4. The van der Waals surface area contributed by atoms with Gasteiger partial charge >= 0.3 is 11.9 Å². The average Bonchev–Trinajstić information content (AvgIpc) is 3.12. The first-order valence-corrected chi connectivity index (χ1v) is 17.9. The molecule has 16 heteroatoms. The molecule has 2 heterocycles. The molecule has 51 heavy (non-hydrogen) atoms. The van der Waals surface area contributed by atoms with Crippen LogP contribution in [0.1, 0.15) is 40.0 Å². The Morgan fingerprint density at radius 2 is 1.73 bits per heavy atom. The van der Waals surface area contributed by atoms with Crippen molar-refractivity contribution in [2.45, 2.75) is 30.8 Å². The number of halogens is 2. The van der Waals surface area contributed by atoms with Gasteiger partial charge in [0.25, 0.3) is 5.91 Å². The third-order valence-electron chi connectivity index (χ3n) is 7.92. The van der Waals surface area contributed by atoms with Crippen molar-refractivity contribution in [1.82, 2.24) is 15.5 Å². The quantitative estimate of drug-likeness (QED) is 0.0862. The molecule has 264 valence electrons. The molecular formula is C35H30BrClN4O9S. The van der Waals surface area contributed by atoms with E-state index in [4.69, 9.17) is 16.3 Å². The monoisotopic (exact) mass is 796 g/mol. The molecule has 3 aromatic carbocycles. The largest absolute Gasteiger partial charge is 0.477 e. The third kappa shape index (κ3) is 8.67. The summed E-state index contributed by atoms with van der Waals surface area (Å²) in [5.41, 5.74) is 1.66. The molecule has 3 aromatic rings. The Bertz CT molecular complexity index is 1940. The van der Waals surface area contributed by atoms with Crippen molar-refractivity contribution in [3.8, 4) is 0 Å². The molecule has 0 aliphatic carbocycles. The van der Waals surface area contributed by atoms with Gasteiger partial charge in [-0.15, -0.1) is 11.8 Å². The summed E-state index contributed by atoms with van der Waals surface area (Å²) in [5.74, 6) is -4.48. The number of fused-ring (bicyclic) bond motifs is 1. The van der Waals surface area contributed by atoms with Crippen LogP contribution in [0.15, 0.2) is 84.1 Å². The number of alkyl halides is 1. The highest BCUT2D eigenvalue weighted by Gasteiger charge is 2.54. The molecule has 2 aliphatic heterocycles. The van der Waals surface area contributed by atoms with Gasteiger partial charge in [-0.1, -0.05) is 63.9 Å². The molecule has 0 saturated carbocycles. The number of thioether (sulfide) groups is 1. The summed E-state index contributed by atoms with van der Waals surface area (Å²) >= 11 is 10.5. The summed E-state index contributed by atoms with van der Waals surface area (Å²) in [5, 5.41) is 17.5. The SMILES string of the molecule is CC(=O)OCC1=C(C(=O)O)N2C(=O)[C@@H](NC(=O)[C@@H](NC(=O)Cc3ccc(Cl)cc3C(=O)c3ccc(NC(=O)CBr)cc3)c3ccccc3)[C@H]2SC1. The van der Waals surface area contributed by atoms with E-state index in [1.165, 1.54) is 43.0 Å². The van der Waals surface area contributed by atoms with Crippen molar-refractivity contribution in [1.29, 1.82) is 0 Å². The molecule has 1 saturated heterocycles. The topological polar surface area (TPSA) is 188 Å². The van der Waals surface area contributed by atoms with Crippen LogP contribution < -0.4 is 16.0 Å². The number of nitrogens with zero attached hydrogens (tertiary/aromatic N) is 1. The fourth-order valence-corrected chi connectivity index (χ4v) is 7.16. The zero-order valence-corrected chi connectivity index (χ0v) is 30.0. The Morgan fingerprint density at radius 3 is 2.37 bits per heavy atom. The highest BCUT2D eigenvalue weighted by atomic mass is 79.9. The second kappa shape index (κ2) is 16.4. The number of anilines is 1. The average molecular weight is 798 g/mol. The number of carbonyl (C=O) groups is 7. The fourth-order valence-electron chi connectivity index (χ4n) is 5.52. The minimum absolute atomic E-state index is 0.109. The van der Waals surface area contributed by atoms with E-state index in [-0.39, 0.29) is 57.4 Å². The van der Waals surface area contributed by atoms with E-state index in [1.807, 2.05) is 0 Å². The molecule has 0 bridgehead atoms. The lowest BCUT2D eigenvalue weighted by atomic mass is 9.96. The van der Waals surface area contributed by atoms with E-state index in [1.54, 1.807) is 48.5 Å². The van der Waals surface area contributed by atoms with Crippen molar-refractivity contribution in [3.05, 3.63) is 111 Å². The minimum Gasteiger partial charge on any atom is -0.477 e. The molecule has 13 nitrogen and oxygen atoms in total. The zero-order valence-electron chi connectivity index (χ0n) is 26.8. The van der Waals surface area contributed by atoms with Gasteiger partial charge < -0.3 is 25.8 Å². The third-order valence-corrected chi connectivity index (χ3v) is 10.0. The van der Waals surface area contributed by atoms with E-state index < -0.39 is 52.9 Å². The Labute approximate surface area is 309 Å². The summed E-state index contributed by atoms with van der Waals surface area (Å²) in [6.45, 7) is 0.900. The number of rotatable bonds is 13. The number of β-lactam (4-membered cyclic amide) rings is 1. The van der Waals surface area contributed by atoms with E-state index in [0.29, 0.717) is 16.8 Å². The maximum Gasteiger partial charge on any atom is 0.352 e. The van der Waals surface area contributed by atoms with Gasteiger partial charge in [-0.3, -0.25) is 33.7 Å². The number of amides is 4. The van der Waals surface area contributed by atoms with Crippen LogP contribution in [-0.2, 0) is 39.9 Å². The smallest absolute Gasteiger partial charge is 0.352 e. The maximum atomic E-state index is 13.7.